The van der Waals surface area contributed by atoms with Crippen LogP contribution in [0.2, 0.25) is 0 Å². The van der Waals surface area contributed by atoms with Gasteiger partial charge >= 0.3 is 0 Å². The average molecular weight is 468 g/mol. The number of carbonyl (C=O) groups excluding carboxylic acids is 4. The molecule has 0 spiro atoms. The van der Waals surface area contributed by atoms with Gasteiger partial charge in [-0.15, -0.1) is 0 Å². The smallest absolute Gasteiger partial charge is 0.261 e. The van der Waals surface area contributed by atoms with Crippen LogP contribution in [0, 0.1) is 5.82 Å². The van der Waals surface area contributed by atoms with E-state index in [9.17, 15) is 23.6 Å². The second-order valence-corrected chi connectivity index (χ2v) is 9.47. The van der Waals surface area contributed by atoms with Crippen LogP contribution in [0.4, 0.5) is 4.39 Å². The number of benzene rings is 2. The van der Waals surface area contributed by atoms with Crippen molar-refractivity contribution in [2.45, 2.75) is 58.7 Å². The summed E-state index contributed by atoms with van der Waals surface area (Å²) in [6, 6.07) is 11.6. The van der Waals surface area contributed by atoms with E-state index in [2.05, 4.69) is 5.32 Å². The normalized spacial score (nSPS) is 14.1. The van der Waals surface area contributed by atoms with Crippen LogP contribution in [-0.4, -0.2) is 51.6 Å². The van der Waals surface area contributed by atoms with Crippen molar-refractivity contribution >= 4 is 23.6 Å². The summed E-state index contributed by atoms with van der Waals surface area (Å²) in [5, 5.41) is 2.88. The number of imide groups is 1. The molecule has 2 aromatic carbocycles. The predicted octanol–water partition coefficient (Wildman–Crippen LogP) is 3.53. The molecule has 8 heteroatoms. The molecule has 0 saturated heterocycles. The number of nitrogens with one attached hydrogen (secondary N) is 1. The van der Waals surface area contributed by atoms with E-state index < -0.39 is 11.6 Å². The molecule has 180 valence electrons. The molecule has 4 amide bonds. The highest BCUT2D eigenvalue weighted by molar-refractivity contribution is 6.21. The van der Waals surface area contributed by atoms with Crippen LogP contribution in [0.15, 0.2) is 48.5 Å². The molecule has 0 saturated carbocycles. The van der Waals surface area contributed by atoms with Gasteiger partial charge in [-0.1, -0.05) is 24.3 Å². The number of hydrogen-bond acceptors (Lipinski definition) is 4. The third-order valence-electron chi connectivity index (χ3n) is 5.58. The van der Waals surface area contributed by atoms with Crippen molar-refractivity contribution in [3.05, 3.63) is 71.0 Å². The van der Waals surface area contributed by atoms with Gasteiger partial charge in [-0.2, -0.15) is 0 Å². The van der Waals surface area contributed by atoms with Gasteiger partial charge in [0.05, 0.1) is 11.1 Å². The zero-order chi connectivity index (χ0) is 25.0. The monoisotopic (exact) mass is 467 g/mol. The van der Waals surface area contributed by atoms with Crippen LogP contribution in [0.25, 0.3) is 0 Å². The lowest BCUT2D eigenvalue weighted by atomic mass is 10.1. The minimum absolute atomic E-state index is 0.0434. The standard InChI is InChI=1S/C26H30FN3O4/c1-17(23(32)28-26(2,3)4)30(16-18-11-13-19(27)14-12-18)22(31)10-7-15-29-24(33)20-8-5-6-9-21(20)25(29)34/h5-6,8-9,11-14,17H,7,10,15-16H2,1-4H3,(H,28,32). The average Bonchev–Trinajstić information content (AvgIpc) is 3.02. The van der Waals surface area contributed by atoms with E-state index in [4.69, 9.17) is 0 Å². The molecule has 7 nitrogen and oxygen atoms in total. The number of rotatable bonds is 8. The topological polar surface area (TPSA) is 86.8 Å². The summed E-state index contributed by atoms with van der Waals surface area (Å²) in [6.07, 6.45) is 0.305. The van der Waals surface area contributed by atoms with Crippen LogP contribution in [0.5, 0.6) is 0 Å². The minimum Gasteiger partial charge on any atom is -0.350 e. The van der Waals surface area contributed by atoms with E-state index in [1.165, 1.54) is 17.0 Å². The van der Waals surface area contributed by atoms with Gasteiger partial charge in [0, 0.05) is 25.0 Å². The van der Waals surface area contributed by atoms with Crippen molar-refractivity contribution in [3.8, 4) is 0 Å². The number of carbonyl (C=O) groups is 4. The number of halogens is 1. The highest BCUT2D eigenvalue weighted by atomic mass is 19.1. The molecular weight excluding hydrogens is 437 g/mol. The second-order valence-electron chi connectivity index (χ2n) is 9.47. The van der Waals surface area contributed by atoms with Gasteiger partial charge in [0.2, 0.25) is 11.8 Å². The number of hydrogen-bond donors (Lipinski definition) is 1. The lowest BCUT2D eigenvalue weighted by molar-refractivity contribution is -0.141. The molecule has 1 unspecified atom stereocenters. The van der Waals surface area contributed by atoms with Crippen LogP contribution in [0.1, 0.15) is 66.8 Å². The van der Waals surface area contributed by atoms with E-state index in [-0.39, 0.29) is 55.4 Å². The van der Waals surface area contributed by atoms with Crippen molar-refractivity contribution in [1.82, 2.24) is 15.1 Å². The molecular formula is C26H30FN3O4. The van der Waals surface area contributed by atoms with Gasteiger partial charge in [0.15, 0.2) is 0 Å². The first-order chi connectivity index (χ1) is 16.0. The first-order valence-corrected chi connectivity index (χ1v) is 11.3. The molecule has 1 N–H and O–H groups in total. The quantitative estimate of drug-likeness (QED) is 0.602. The molecule has 34 heavy (non-hydrogen) atoms. The Kier molecular flexibility index (Phi) is 7.49. The number of amides is 4. The summed E-state index contributed by atoms with van der Waals surface area (Å²) < 4.78 is 13.3. The Labute approximate surface area is 198 Å². The van der Waals surface area contributed by atoms with E-state index in [1.54, 1.807) is 43.3 Å². The molecule has 1 atom stereocenters. The summed E-state index contributed by atoms with van der Waals surface area (Å²) in [4.78, 5) is 53.6. The zero-order valence-corrected chi connectivity index (χ0v) is 19.9. The first kappa shape index (κ1) is 25.1. The lowest BCUT2D eigenvalue weighted by Crippen LogP contribution is -2.52. The van der Waals surface area contributed by atoms with Crippen LogP contribution in [0.3, 0.4) is 0 Å². The molecule has 0 aliphatic carbocycles. The van der Waals surface area contributed by atoms with E-state index in [1.807, 2.05) is 20.8 Å². The van der Waals surface area contributed by atoms with Gasteiger partial charge in [-0.25, -0.2) is 4.39 Å². The summed E-state index contributed by atoms with van der Waals surface area (Å²) in [5.74, 6) is -1.72. The number of fused-ring (bicyclic) bond motifs is 1. The largest absolute Gasteiger partial charge is 0.350 e. The fraction of sp³-hybridized carbons (Fsp3) is 0.385. The molecule has 1 aliphatic heterocycles. The third-order valence-corrected chi connectivity index (χ3v) is 5.58. The Bertz CT molecular complexity index is 1060. The summed E-state index contributed by atoms with van der Waals surface area (Å²) in [7, 11) is 0. The fourth-order valence-corrected chi connectivity index (χ4v) is 3.82. The maximum absolute atomic E-state index is 13.3. The molecule has 1 aliphatic rings. The molecule has 0 bridgehead atoms. The molecule has 0 fully saturated rings. The molecule has 3 rings (SSSR count). The molecule has 0 radical (unpaired) electrons. The van der Waals surface area contributed by atoms with Gasteiger partial charge in [-0.05, 0) is 63.9 Å². The van der Waals surface area contributed by atoms with Crippen LogP contribution in [-0.2, 0) is 16.1 Å². The zero-order valence-electron chi connectivity index (χ0n) is 19.9. The Morgan fingerprint density at radius 2 is 1.56 bits per heavy atom. The predicted molar refractivity (Wildman–Crippen MR) is 125 cm³/mol. The summed E-state index contributed by atoms with van der Waals surface area (Å²) >= 11 is 0. The molecule has 1 heterocycles. The van der Waals surface area contributed by atoms with Crippen molar-refractivity contribution in [2.75, 3.05) is 6.54 Å². The van der Waals surface area contributed by atoms with Gasteiger partial charge in [-0.3, -0.25) is 24.1 Å². The molecule has 2 aromatic rings. The van der Waals surface area contributed by atoms with E-state index >= 15 is 0 Å². The van der Waals surface area contributed by atoms with Crippen LogP contribution < -0.4 is 5.32 Å². The molecule has 0 aromatic heterocycles. The highest BCUT2D eigenvalue weighted by Gasteiger charge is 2.35. The van der Waals surface area contributed by atoms with E-state index in [0.717, 1.165) is 4.90 Å². The Balaban J connectivity index is 1.68. The lowest BCUT2D eigenvalue weighted by Gasteiger charge is -2.31. The van der Waals surface area contributed by atoms with Gasteiger partial charge in [0.25, 0.3) is 11.8 Å². The van der Waals surface area contributed by atoms with Crippen molar-refractivity contribution in [3.63, 3.8) is 0 Å². The first-order valence-electron chi connectivity index (χ1n) is 11.3. The fourth-order valence-electron chi connectivity index (χ4n) is 3.82. The SMILES string of the molecule is CC(C(=O)NC(C)(C)C)N(Cc1ccc(F)cc1)C(=O)CCCN1C(=O)c2ccccc2C1=O. The Morgan fingerprint density at radius 3 is 2.09 bits per heavy atom. The summed E-state index contributed by atoms with van der Waals surface area (Å²) in [6.45, 7) is 7.44. The van der Waals surface area contributed by atoms with Gasteiger partial charge in [0.1, 0.15) is 11.9 Å². The Morgan fingerprint density at radius 1 is 1.00 bits per heavy atom. The maximum Gasteiger partial charge on any atom is 0.261 e. The second kappa shape index (κ2) is 10.2. The van der Waals surface area contributed by atoms with Gasteiger partial charge < -0.3 is 10.2 Å². The Hall–Kier alpha value is -3.55. The minimum atomic E-state index is -0.768. The maximum atomic E-state index is 13.3. The van der Waals surface area contributed by atoms with Crippen molar-refractivity contribution < 1.29 is 23.6 Å². The van der Waals surface area contributed by atoms with Crippen molar-refractivity contribution in [1.29, 1.82) is 0 Å². The third kappa shape index (κ3) is 5.87. The summed E-state index contributed by atoms with van der Waals surface area (Å²) in [5.41, 5.74) is 0.945. The highest BCUT2D eigenvalue weighted by Crippen LogP contribution is 2.23. The van der Waals surface area contributed by atoms with Crippen molar-refractivity contribution in [2.24, 2.45) is 0 Å². The van der Waals surface area contributed by atoms with Crippen LogP contribution >= 0.6 is 0 Å². The van der Waals surface area contributed by atoms with E-state index in [0.29, 0.717) is 16.7 Å². The number of nitrogens with zero attached hydrogens (tertiary/aromatic N) is 2.